The first-order valence-corrected chi connectivity index (χ1v) is 10.4. The van der Waals surface area contributed by atoms with E-state index in [4.69, 9.17) is 9.47 Å². The van der Waals surface area contributed by atoms with Gasteiger partial charge < -0.3 is 14.6 Å². The SMILES string of the molecule is COc1cccc(OC)c1/C(O)=C1\C(=O)C(=O)N(c2cccc(C)c2C)C1c1ccccn1. The number of carbonyl (C=O) groups excluding carboxylic acids is 2. The van der Waals surface area contributed by atoms with Crippen LogP contribution in [0.4, 0.5) is 5.69 Å². The average molecular weight is 444 g/mol. The topological polar surface area (TPSA) is 89.0 Å². The van der Waals surface area contributed by atoms with Crippen molar-refractivity contribution in [2.45, 2.75) is 19.9 Å². The molecule has 3 aromatic rings. The summed E-state index contributed by atoms with van der Waals surface area (Å²) in [6.45, 7) is 3.83. The second-order valence-electron chi connectivity index (χ2n) is 7.68. The quantitative estimate of drug-likeness (QED) is 0.358. The van der Waals surface area contributed by atoms with Gasteiger partial charge in [0.05, 0.1) is 25.5 Å². The number of aryl methyl sites for hydroxylation is 1. The van der Waals surface area contributed by atoms with Crippen LogP contribution in [0.5, 0.6) is 11.5 Å². The van der Waals surface area contributed by atoms with Crippen molar-refractivity contribution in [1.29, 1.82) is 0 Å². The summed E-state index contributed by atoms with van der Waals surface area (Å²) in [6.07, 6.45) is 1.59. The zero-order chi connectivity index (χ0) is 23.7. The molecule has 168 valence electrons. The summed E-state index contributed by atoms with van der Waals surface area (Å²) in [4.78, 5) is 32.5. The van der Waals surface area contributed by atoms with Gasteiger partial charge in [-0.25, -0.2) is 0 Å². The number of aliphatic hydroxyl groups excluding tert-OH is 1. The normalized spacial score (nSPS) is 17.3. The van der Waals surface area contributed by atoms with E-state index in [2.05, 4.69) is 4.98 Å². The number of ketones is 1. The van der Waals surface area contributed by atoms with Crippen molar-refractivity contribution >= 4 is 23.1 Å². The van der Waals surface area contributed by atoms with Crippen LogP contribution in [0.25, 0.3) is 5.76 Å². The first-order valence-electron chi connectivity index (χ1n) is 10.4. The van der Waals surface area contributed by atoms with E-state index in [1.165, 1.54) is 19.1 Å². The van der Waals surface area contributed by atoms with Gasteiger partial charge in [0.15, 0.2) is 0 Å². The Morgan fingerprint density at radius 1 is 0.939 bits per heavy atom. The maximum Gasteiger partial charge on any atom is 0.300 e. The highest BCUT2D eigenvalue weighted by Gasteiger charge is 2.48. The van der Waals surface area contributed by atoms with Crippen LogP contribution in [0.3, 0.4) is 0 Å². The number of hydrogen-bond acceptors (Lipinski definition) is 6. The third-order valence-electron chi connectivity index (χ3n) is 5.91. The number of benzene rings is 2. The lowest BCUT2D eigenvalue weighted by Crippen LogP contribution is -2.30. The number of pyridine rings is 1. The molecule has 1 unspecified atom stereocenters. The molecule has 1 aliphatic heterocycles. The molecule has 4 rings (SSSR count). The molecule has 0 saturated carbocycles. The minimum atomic E-state index is -0.929. The van der Waals surface area contributed by atoms with E-state index in [0.717, 1.165) is 11.1 Å². The highest BCUT2D eigenvalue weighted by molar-refractivity contribution is 6.51. The van der Waals surface area contributed by atoms with Crippen molar-refractivity contribution in [3.8, 4) is 11.5 Å². The lowest BCUT2D eigenvalue weighted by molar-refractivity contribution is -0.132. The Balaban J connectivity index is 2.04. The number of ether oxygens (including phenoxy) is 2. The molecule has 33 heavy (non-hydrogen) atoms. The lowest BCUT2D eigenvalue weighted by Gasteiger charge is -2.26. The van der Waals surface area contributed by atoms with Crippen LogP contribution in [-0.4, -0.2) is 36.0 Å². The summed E-state index contributed by atoms with van der Waals surface area (Å²) in [5.74, 6) is -1.31. The lowest BCUT2D eigenvalue weighted by atomic mass is 9.96. The largest absolute Gasteiger partial charge is 0.506 e. The summed E-state index contributed by atoms with van der Waals surface area (Å²) in [6, 6.07) is 14.9. The van der Waals surface area contributed by atoms with Crippen LogP contribution in [-0.2, 0) is 9.59 Å². The smallest absolute Gasteiger partial charge is 0.300 e. The third kappa shape index (κ3) is 3.61. The predicted molar refractivity (Wildman–Crippen MR) is 124 cm³/mol. The Morgan fingerprint density at radius 2 is 1.61 bits per heavy atom. The molecule has 1 saturated heterocycles. The standard InChI is InChI=1S/C26H24N2O5/c1-15-9-7-11-18(16(15)2)28-23(17-10-5-6-14-27-17)22(25(30)26(28)31)24(29)21-19(32-3)12-8-13-20(21)33-4/h5-14,23,29H,1-4H3/b24-22+. The summed E-state index contributed by atoms with van der Waals surface area (Å²) >= 11 is 0. The predicted octanol–water partition coefficient (Wildman–Crippen LogP) is 4.34. The number of aromatic nitrogens is 1. The first kappa shape index (κ1) is 22.1. The molecule has 1 fully saturated rings. The number of Topliss-reactive ketones (excluding diaryl/α,β-unsaturated/α-hetero) is 1. The monoisotopic (exact) mass is 444 g/mol. The van der Waals surface area contributed by atoms with Gasteiger partial charge in [-0.1, -0.05) is 24.3 Å². The number of anilines is 1. The summed E-state index contributed by atoms with van der Waals surface area (Å²) in [5, 5.41) is 11.4. The molecule has 7 heteroatoms. The molecule has 2 heterocycles. The van der Waals surface area contributed by atoms with Crippen molar-refractivity contribution in [3.05, 3.63) is 88.8 Å². The summed E-state index contributed by atoms with van der Waals surface area (Å²) in [5.41, 5.74) is 2.98. The Hall–Kier alpha value is -4.13. The van der Waals surface area contributed by atoms with Crippen LogP contribution in [0.15, 0.2) is 66.4 Å². The summed E-state index contributed by atoms with van der Waals surface area (Å²) in [7, 11) is 2.91. The van der Waals surface area contributed by atoms with Crippen molar-refractivity contribution in [3.63, 3.8) is 0 Å². The Labute approximate surface area is 191 Å². The zero-order valence-corrected chi connectivity index (χ0v) is 18.8. The van der Waals surface area contributed by atoms with E-state index in [1.54, 1.807) is 48.7 Å². The van der Waals surface area contributed by atoms with Crippen LogP contribution in [0.1, 0.15) is 28.4 Å². The fourth-order valence-corrected chi connectivity index (χ4v) is 4.11. The van der Waals surface area contributed by atoms with Crippen molar-refractivity contribution < 1.29 is 24.2 Å². The van der Waals surface area contributed by atoms with Crippen LogP contribution in [0.2, 0.25) is 0 Å². The van der Waals surface area contributed by atoms with Gasteiger partial charge in [-0.05, 0) is 55.3 Å². The maximum atomic E-state index is 13.4. The van der Waals surface area contributed by atoms with Crippen molar-refractivity contribution in [2.75, 3.05) is 19.1 Å². The number of methoxy groups -OCH3 is 2. The highest BCUT2D eigenvalue weighted by atomic mass is 16.5. The van der Waals surface area contributed by atoms with E-state index in [0.29, 0.717) is 22.9 Å². The first-order chi connectivity index (χ1) is 15.9. The van der Waals surface area contributed by atoms with Gasteiger partial charge >= 0.3 is 0 Å². The zero-order valence-electron chi connectivity index (χ0n) is 18.8. The number of amides is 1. The maximum absolute atomic E-state index is 13.4. The van der Waals surface area contributed by atoms with E-state index >= 15 is 0 Å². The summed E-state index contributed by atoms with van der Waals surface area (Å²) < 4.78 is 10.8. The number of aliphatic hydroxyl groups is 1. The number of hydrogen-bond donors (Lipinski definition) is 1. The fourth-order valence-electron chi connectivity index (χ4n) is 4.11. The van der Waals surface area contributed by atoms with Gasteiger partial charge in [0.1, 0.15) is 28.9 Å². The molecule has 1 amide bonds. The minimum Gasteiger partial charge on any atom is -0.506 e. The second-order valence-corrected chi connectivity index (χ2v) is 7.68. The molecule has 0 aliphatic carbocycles. The number of nitrogens with zero attached hydrogens (tertiary/aromatic N) is 2. The molecule has 1 aliphatic rings. The molecule has 1 atom stereocenters. The van der Waals surface area contributed by atoms with Crippen LogP contribution >= 0.6 is 0 Å². The van der Waals surface area contributed by atoms with Gasteiger partial charge in [-0.15, -0.1) is 0 Å². The molecule has 7 nitrogen and oxygen atoms in total. The second kappa shape index (κ2) is 8.78. The minimum absolute atomic E-state index is 0.0811. The van der Waals surface area contributed by atoms with Crippen LogP contribution in [0, 0.1) is 13.8 Å². The van der Waals surface area contributed by atoms with Gasteiger partial charge in [0, 0.05) is 11.9 Å². The Morgan fingerprint density at radius 3 is 2.21 bits per heavy atom. The Kier molecular flexibility index (Phi) is 5.87. The van der Waals surface area contributed by atoms with E-state index < -0.39 is 17.7 Å². The molecule has 2 aromatic carbocycles. The van der Waals surface area contributed by atoms with Crippen molar-refractivity contribution in [1.82, 2.24) is 4.98 Å². The number of carbonyl (C=O) groups is 2. The molecule has 0 spiro atoms. The molecular weight excluding hydrogens is 420 g/mol. The average Bonchev–Trinajstić information content (AvgIpc) is 3.10. The molecule has 0 radical (unpaired) electrons. The van der Waals surface area contributed by atoms with Crippen LogP contribution < -0.4 is 14.4 Å². The van der Waals surface area contributed by atoms with Gasteiger partial charge in [0.25, 0.3) is 11.7 Å². The molecular formula is C26H24N2O5. The molecule has 1 N–H and O–H groups in total. The van der Waals surface area contributed by atoms with E-state index in [-0.39, 0.29) is 16.9 Å². The fraction of sp³-hybridized carbons (Fsp3) is 0.192. The van der Waals surface area contributed by atoms with Gasteiger partial charge in [-0.2, -0.15) is 0 Å². The third-order valence-corrected chi connectivity index (χ3v) is 5.91. The highest BCUT2D eigenvalue weighted by Crippen LogP contribution is 2.45. The van der Waals surface area contributed by atoms with E-state index in [9.17, 15) is 14.7 Å². The molecule has 1 aromatic heterocycles. The van der Waals surface area contributed by atoms with Gasteiger partial charge in [-0.3, -0.25) is 19.5 Å². The van der Waals surface area contributed by atoms with Gasteiger partial charge in [0.2, 0.25) is 0 Å². The Bertz CT molecular complexity index is 1240. The molecule has 0 bridgehead atoms. The van der Waals surface area contributed by atoms with E-state index in [1.807, 2.05) is 26.0 Å². The van der Waals surface area contributed by atoms with Crippen molar-refractivity contribution in [2.24, 2.45) is 0 Å². The number of rotatable bonds is 5.